The van der Waals surface area contributed by atoms with Crippen LogP contribution in [0.15, 0.2) is 35.6 Å². The van der Waals surface area contributed by atoms with E-state index >= 15 is 0 Å². The molecule has 166 valence electrons. The van der Waals surface area contributed by atoms with Crippen LogP contribution < -0.4 is 15.0 Å². The maximum absolute atomic E-state index is 5.53. The number of aliphatic imine (C=N–C) groups is 1. The van der Waals surface area contributed by atoms with Crippen LogP contribution in [-0.4, -0.2) is 72.0 Å². The second kappa shape index (κ2) is 12.6. The van der Waals surface area contributed by atoms with Crippen LogP contribution in [0.4, 0.5) is 5.69 Å². The van der Waals surface area contributed by atoms with E-state index in [1.807, 2.05) is 12.1 Å². The van der Waals surface area contributed by atoms with Gasteiger partial charge in [-0.2, -0.15) is 0 Å². The number of nitrogens with zero attached hydrogens (tertiary/aromatic N) is 6. The molecule has 0 spiro atoms. The first kappa shape index (κ1) is 24.2. The molecule has 1 N–H and O–H groups in total. The highest BCUT2D eigenvalue weighted by atomic mass is 127. The van der Waals surface area contributed by atoms with Crippen molar-refractivity contribution < 1.29 is 4.74 Å². The van der Waals surface area contributed by atoms with E-state index in [-0.39, 0.29) is 24.0 Å². The van der Waals surface area contributed by atoms with E-state index in [0.717, 1.165) is 81.9 Å². The number of piperazine rings is 1. The van der Waals surface area contributed by atoms with Crippen LogP contribution in [0.2, 0.25) is 0 Å². The number of hydrogen-bond donors (Lipinski definition) is 1. The molecule has 3 rings (SSSR count). The Morgan fingerprint density at radius 1 is 1.17 bits per heavy atom. The van der Waals surface area contributed by atoms with Crippen molar-refractivity contribution in [2.45, 2.75) is 33.2 Å². The average molecular weight is 527 g/mol. The van der Waals surface area contributed by atoms with Gasteiger partial charge >= 0.3 is 0 Å². The number of para-hydroxylation sites is 2. The van der Waals surface area contributed by atoms with Gasteiger partial charge in [-0.25, -0.2) is 0 Å². The number of ether oxygens (including phenoxy) is 1. The zero-order valence-electron chi connectivity index (χ0n) is 18.3. The standard InChI is InChI=1S/C21H33N7O.HI/c1-4-10-22-21(23-11-12-28-17-24-25-20(28)5-2)27-15-13-26(14-16-27)18-8-6-7-9-19(18)29-3;/h6-9,17H,4-5,10-16H2,1-3H3,(H,22,23);1H. The highest BCUT2D eigenvalue weighted by Crippen LogP contribution is 2.28. The molecule has 2 heterocycles. The number of aromatic nitrogens is 3. The second-order valence-corrected chi connectivity index (χ2v) is 7.07. The van der Waals surface area contributed by atoms with Crippen molar-refractivity contribution in [1.29, 1.82) is 0 Å². The molecule has 0 unspecified atom stereocenters. The van der Waals surface area contributed by atoms with Crippen molar-refractivity contribution >= 4 is 35.6 Å². The smallest absolute Gasteiger partial charge is 0.194 e. The van der Waals surface area contributed by atoms with Gasteiger partial charge in [0.15, 0.2) is 5.96 Å². The summed E-state index contributed by atoms with van der Waals surface area (Å²) in [5, 5.41) is 11.7. The number of guanidine groups is 1. The Morgan fingerprint density at radius 3 is 2.63 bits per heavy atom. The van der Waals surface area contributed by atoms with Crippen LogP contribution in [0, 0.1) is 0 Å². The minimum atomic E-state index is 0. The number of methoxy groups -OCH3 is 1. The number of benzene rings is 1. The van der Waals surface area contributed by atoms with Crippen LogP contribution in [0.1, 0.15) is 26.1 Å². The number of aryl methyl sites for hydroxylation is 1. The lowest BCUT2D eigenvalue weighted by Gasteiger charge is -2.38. The van der Waals surface area contributed by atoms with Gasteiger partial charge in [0.25, 0.3) is 0 Å². The molecule has 0 radical (unpaired) electrons. The first-order valence-electron chi connectivity index (χ1n) is 10.5. The topological polar surface area (TPSA) is 70.8 Å². The third-order valence-corrected chi connectivity index (χ3v) is 5.14. The summed E-state index contributed by atoms with van der Waals surface area (Å²) in [4.78, 5) is 9.55. The molecule has 1 saturated heterocycles. The van der Waals surface area contributed by atoms with Gasteiger partial charge in [-0.15, -0.1) is 34.2 Å². The fourth-order valence-corrected chi connectivity index (χ4v) is 3.56. The Kier molecular flexibility index (Phi) is 10.2. The van der Waals surface area contributed by atoms with E-state index in [9.17, 15) is 0 Å². The molecular formula is C21H34IN7O. The monoisotopic (exact) mass is 527 g/mol. The SMILES string of the molecule is CCCN=C(NCCn1cnnc1CC)N1CCN(c2ccccc2OC)CC1.I. The summed E-state index contributed by atoms with van der Waals surface area (Å²) in [6.07, 6.45) is 3.73. The summed E-state index contributed by atoms with van der Waals surface area (Å²) >= 11 is 0. The summed E-state index contributed by atoms with van der Waals surface area (Å²) in [6.45, 7) is 10.5. The summed E-state index contributed by atoms with van der Waals surface area (Å²) in [5.74, 6) is 2.95. The van der Waals surface area contributed by atoms with E-state index in [1.54, 1.807) is 13.4 Å². The molecule has 0 atom stereocenters. The maximum Gasteiger partial charge on any atom is 0.194 e. The van der Waals surface area contributed by atoms with Gasteiger partial charge in [0.05, 0.1) is 12.8 Å². The van der Waals surface area contributed by atoms with Crippen molar-refractivity contribution in [3.05, 3.63) is 36.4 Å². The lowest BCUT2D eigenvalue weighted by atomic mass is 10.2. The second-order valence-electron chi connectivity index (χ2n) is 7.07. The highest BCUT2D eigenvalue weighted by molar-refractivity contribution is 14.0. The minimum Gasteiger partial charge on any atom is -0.495 e. The van der Waals surface area contributed by atoms with Crippen molar-refractivity contribution in [3.63, 3.8) is 0 Å². The molecular weight excluding hydrogens is 493 g/mol. The quantitative estimate of drug-likeness (QED) is 0.324. The van der Waals surface area contributed by atoms with E-state index in [0.29, 0.717) is 0 Å². The predicted octanol–water partition coefficient (Wildman–Crippen LogP) is 2.64. The predicted molar refractivity (Wildman–Crippen MR) is 132 cm³/mol. The summed E-state index contributed by atoms with van der Waals surface area (Å²) in [6, 6.07) is 8.23. The Hall–Kier alpha value is -2.04. The molecule has 1 aromatic carbocycles. The summed E-state index contributed by atoms with van der Waals surface area (Å²) in [7, 11) is 1.73. The largest absolute Gasteiger partial charge is 0.495 e. The molecule has 0 bridgehead atoms. The van der Waals surface area contributed by atoms with Crippen molar-refractivity contribution in [3.8, 4) is 5.75 Å². The molecule has 1 aromatic heterocycles. The molecule has 1 aliphatic heterocycles. The number of rotatable bonds is 8. The third-order valence-electron chi connectivity index (χ3n) is 5.14. The molecule has 0 saturated carbocycles. The van der Waals surface area contributed by atoms with Crippen LogP contribution in [0.25, 0.3) is 0 Å². The normalized spacial score (nSPS) is 14.4. The lowest BCUT2D eigenvalue weighted by molar-refractivity contribution is 0.365. The van der Waals surface area contributed by atoms with Gasteiger partial charge in [0, 0.05) is 52.2 Å². The first-order chi connectivity index (χ1) is 14.3. The van der Waals surface area contributed by atoms with Gasteiger partial charge in [-0.3, -0.25) is 4.99 Å². The van der Waals surface area contributed by atoms with Crippen LogP contribution >= 0.6 is 24.0 Å². The maximum atomic E-state index is 5.53. The molecule has 8 nitrogen and oxygen atoms in total. The Labute approximate surface area is 196 Å². The Morgan fingerprint density at radius 2 is 1.93 bits per heavy atom. The lowest BCUT2D eigenvalue weighted by Crippen LogP contribution is -2.53. The zero-order chi connectivity index (χ0) is 20.5. The number of hydrogen-bond acceptors (Lipinski definition) is 5. The van der Waals surface area contributed by atoms with E-state index in [1.165, 1.54) is 0 Å². The molecule has 1 aliphatic rings. The molecule has 0 aliphatic carbocycles. The van der Waals surface area contributed by atoms with Gasteiger partial charge in [-0.05, 0) is 18.6 Å². The Bertz CT molecular complexity index is 787. The third kappa shape index (κ3) is 6.23. The molecule has 9 heteroatoms. The zero-order valence-corrected chi connectivity index (χ0v) is 20.6. The van der Waals surface area contributed by atoms with Crippen molar-refractivity contribution in [1.82, 2.24) is 25.0 Å². The van der Waals surface area contributed by atoms with Crippen LogP contribution in [-0.2, 0) is 13.0 Å². The van der Waals surface area contributed by atoms with Crippen LogP contribution in [0.3, 0.4) is 0 Å². The molecule has 2 aromatic rings. The van der Waals surface area contributed by atoms with Gasteiger partial charge < -0.3 is 24.4 Å². The first-order valence-corrected chi connectivity index (χ1v) is 10.5. The fraction of sp³-hybridized carbons (Fsp3) is 0.571. The molecule has 0 amide bonds. The van der Waals surface area contributed by atoms with E-state index < -0.39 is 0 Å². The van der Waals surface area contributed by atoms with Gasteiger partial charge in [0.1, 0.15) is 17.9 Å². The van der Waals surface area contributed by atoms with Crippen LogP contribution in [0.5, 0.6) is 5.75 Å². The Balaban J connectivity index is 0.00000320. The van der Waals surface area contributed by atoms with E-state index in [2.05, 4.69) is 55.9 Å². The van der Waals surface area contributed by atoms with Gasteiger partial charge in [0.2, 0.25) is 0 Å². The molecule has 30 heavy (non-hydrogen) atoms. The highest BCUT2D eigenvalue weighted by Gasteiger charge is 2.21. The summed E-state index contributed by atoms with van der Waals surface area (Å²) in [5.41, 5.74) is 1.16. The fourth-order valence-electron chi connectivity index (χ4n) is 3.56. The van der Waals surface area contributed by atoms with Gasteiger partial charge in [-0.1, -0.05) is 26.0 Å². The average Bonchev–Trinajstić information content (AvgIpc) is 3.23. The van der Waals surface area contributed by atoms with E-state index in [4.69, 9.17) is 9.73 Å². The van der Waals surface area contributed by atoms with Crippen molar-refractivity contribution in [2.75, 3.05) is 51.3 Å². The number of nitrogens with one attached hydrogen (secondary N) is 1. The molecule has 1 fully saturated rings. The number of halogens is 1. The number of anilines is 1. The van der Waals surface area contributed by atoms with Crippen molar-refractivity contribution in [2.24, 2.45) is 4.99 Å². The minimum absolute atomic E-state index is 0. The summed E-state index contributed by atoms with van der Waals surface area (Å²) < 4.78 is 7.63.